The molecule has 0 amide bonds. The van der Waals surface area contributed by atoms with E-state index in [1.54, 1.807) is 0 Å². The van der Waals surface area contributed by atoms with Gasteiger partial charge in [-0.15, -0.1) is 0 Å². The van der Waals surface area contributed by atoms with E-state index < -0.39 is 0 Å². The molecule has 1 aliphatic carbocycles. The van der Waals surface area contributed by atoms with Crippen molar-refractivity contribution in [3.8, 4) is 0 Å². The minimum atomic E-state index is -0.194. The molecule has 0 aromatic rings. The van der Waals surface area contributed by atoms with E-state index in [0.29, 0.717) is 6.61 Å². The van der Waals surface area contributed by atoms with Crippen LogP contribution >= 0.6 is 0 Å². The van der Waals surface area contributed by atoms with Gasteiger partial charge in [0, 0.05) is 5.70 Å². The molecule has 14 heavy (non-hydrogen) atoms. The number of ether oxygens (including phenoxy) is 1. The van der Waals surface area contributed by atoms with E-state index in [2.05, 4.69) is 24.4 Å². The highest BCUT2D eigenvalue weighted by molar-refractivity contribution is 5.71. The topological polar surface area (TPSA) is 38.3 Å². The summed E-state index contributed by atoms with van der Waals surface area (Å²) in [5.41, 5.74) is 2.38. The molecule has 0 saturated heterocycles. The first-order chi connectivity index (χ1) is 6.72. The highest BCUT2D eigenvalue weighted by atomic mass is 16.5. The second-order valence-corrected chi connectivity index (χ2v) is 3.31. The monoisotopic (exact) mass is 195 g/mol. The first kappa shape index (κ1) is 10.8. The van der Waals surface area contributed by atoms with Crippen molar-refractivity contribution in [3.63, 3.8) is 0 Å². The first-order valence-electron chi connectivity index (χ1n) is 4.99. The molecule has 1 N–H and O–H groups in total. The highest BCUT2D eigenvalue weighted by Crippen LogP contribution is 2.13. The number of allylic oxidation sites excluding steroid dienone is 4. The number of carbonyl (C=O) groups is 1. The van der Waals surface area contributed by atoms with Gasteiger partial charge in [-0.05, 0) is 32.8 Å². The molecule has 1 aliphatic rings. The highest BCUT2D eigenvalue weighted by Gasteiger charge is 2.05. The second kappa shape index (κ2) is 5.47. The van der Waals surface area contributed by atoms with E-state index in [1.807, 2.05) is 6.92 Å². The van der Waals surface area contributed by atoms with Crippen LogP contribution in [0.2, 0.25) is 0 Å². The van der Waals surface area contributed by atoms with Crippen molar-refractivity contribution in [2.24, 2.45) is 0 Å². The number of nitrogens with one attached hydrogen (secondary N) is 1. The van der Waals surface area contributed by atoms with E-state index in [0.717, 1.165) is 18.5 Å². The van der Waals surface area contributed by atoms with Gasteiger partial charge in [0.2, 0.25) is 0 Å². The molecule has 0 heterocycles. The zero-order chi connectivity index (χ0) is 10.4. The van der Waals surface area contributed by atoms with Crippen LogP contribution in [0.15, 0.2) is 23.4 Å². The molecule has 0 spiro atoms. The fraction of sp³-hybridized carbons (Fsp3) is 0.545. The standard InChI is InChI=1S/C11H17NO2/c1-3-14-11(13)8-12-10-6-4-5-9(2)7-10/h5,7,12H,3-4,6,8H2,1-2H3. The quantitative estimate of drug-likeness (QED) is 0.695. The maximum atomic E-state index is 11.0. The molecule has 0 bridgehead atoms. The van der Waals surface area contributed by atoms with Gasteiger partial charge in [0.05, 0.1) is 6.61 Å². The maximum Gasteiger partial charge on any atom is 0.325 e. The summed E-state index contributed by atoms with van der Waals surface area (Å²) in [6.45, 7) is 4.58. The molecular weight excluding hydrogens is 178 g/mol. The number of hydrogen-bond donors (Lipinski definition) is 1. The van der Waals surface area contributed by atoms with Crippen LogP contribution < -0.4 is 5.32 Å². The zero-order valence-corrected chi connectivity index (χ0v) is 8.80. The Bertz CT molecular complexity index is 266. The summed E-state index contributed by atoms with van der Waals surface area (Å²) >= 11 is 0. The van der Waals surface area contributed by atoms with Crippen LogP contribution in [-0.2, 0) is 9.53 Å². The summed E-state index contributed by atoms with van der Waals surface area (Å²) in [6, 6.07) is 0. The van der Waals surface area contributed by atoms with Crippen molar-refractivity contribution in [1.82, 2.24) is 5.32 Å². The number of hydrogen-bond acceptors (Lipinski definition) is 3. The van der Waals surface area contributed by atoms with Crippen LogP contribution in [0.5, 0.6) is 0 Å². The average molecular weight is 195 g/mol. The molecule has 3 nitrogen and oxygen atoms in total. The van der Waals surface area contributed by atoms with Crippen LogP contribution in [-0.4, -0.2) is 19.1 Å². The summed E-state index contributed by atoms with van der Waals surface area (Å²) in [4.78, 5) is 11.0. The van der Waals surface area contributed by atoms with Crippen LogP contribution in [0.25, 0.3) is 0 Å². The van der Waals surface area contributed by atoms with E-state index in [-0.39, 0.29) is 12.5 Å². The van der Waals surface area contributed by atoms with Crippen molar-refractivity contribution >= 4 is 5.97 Å². The Morgan fingerprint density at radius 3 is 3.07 bits per heavy atom. The molecule has 78 valence electrons. The number of carbonyl (C=O) groups excluding carboxylic acids is 1. The zero-order valence-electron chi connectivity index (χ0n) is 8.80. The lowest BCUT2D eigenvalue weighted by molar-refractivity contribution is -0.141. The Balaban J connectivity index is 2.31. The predicted molar refractivity (Wildman–Crippen MR) is 55.7 cm³/mol. The van der Waals surface area contributed by atoms with Gasteiger partial charge in [-0.2, -0.15) is 0 Å². The third-order valence-corrected chi connectivity index (χ3v) is 2.05. The molecule has 3 heteroatoms. The SMILES string of the molecule is CCOC(=O)CNC1=CC(C)=CCC1. The Hall–Kier alpha value is -1.25. The molecule has 0 aromatic heterocycles. The maximum absolute atomic E-state index is 11.0. The minimum Gasteiger partial charge on any atom is -0.465 e. The predicted octanol–water partition coefficient (Wildman–Crippen LogP) is 1.76. The summed E-state index contributed by atoms with van der Waals surface area (Å²) in [5, 5.41) is 3.08. The van der Waals surface area contributed by atoms with Crippen molar-refractivity contribution < 1.29 is 9.53 Å². The molecule has 0 fully saturated rings. The van der Waals surface area contributed by atoms with Gasteiger partial charge in [-0.3, -0.25) is 4.79 Å². The molecule has 0 radical (unpaired) electrons. The van der Waals surface area contributed by atoms with Gasteiger partial charge in [0.1, 0.15) is 6.54 Å². The summed E-state index contributed by atoms with van der Waals surface area (Å²) in [5.74, 6) is -0.194. The third kappa shape index (κ3) is 3.64. The van der Waals surface area contributed by atoms with Crippen LogP contribution in [0.4, 0.5) is 0 Å². The summed E-state index contributed by atoms with van der Waals surface area (Å²) in [7, 11) is 0. The van der Waals surface area contributed by atoms with Gasteiger partial charge in [-0.1, -0.05) is 11.6 Å². The smallest absolute Gasteiger partial charge is 0.325 e. The minimum absolute atomic E-state index is 0.194. The van der Waals surface area contributed by atoms with E-state index in [4.69, 9.17) is 4.74 Å². The lowest BCUT2D eigenvalue weighted by atomic mass is 10.1. The Kier molecular flexibility index (Phi) is 4.23. The second-order valence-electron chi connectivity index (χ2n) is 3.31. The normalized spacial score (nSPS) is 15.6. The third-order valence-electron chi connectivity index (χ3n) is 2.05. The largest absolute Gasteiger partial charge is 0.465 e. The first-order valence-corrected chi connectivity index (χ1v) is 4.99. The molecule has 0 unspecified atom stereocenters. The number of rotatable bonds is 4. The Labute approximate surface area is 84.8 Å². The van der Waals surface area contributed by atoms with Gasteiger partial charge < -0.3 is 10.1 Å². The lowest BCUT2D eigenvalue weighted by Gasteiger charge is -2.13. The van der Waals surface area contributed by atoms with Gasteiger partial charge in [0.25, 0.3) is 0 Å². The lowest BCUT2D eigenvalue weighted by Crippen LogP contribution is -2.24. The molecule has 0 aromatic carbocycles. The Morgan fingerprint density at radius 1 is 1.64 bits per heavy atom. The van der Waals surface area contributed by atoms with Crippen LogP contribution in [0.3, 0.4) is 0 Å². The fourth-order valence-corrected chi connectivity index (χ4v) is 1.40. The van der Waals surface area contributed by atoms with E-state index in [1.165, 1.54) is 5.57 Å². The average Bonchev–Trinajstić information content (AvgIpc) is 2.15. The van der Waals surface area contributed by atoms with Gasteiger partial charge in [-0.25, -0.2) is 0 Å². The van der Waals surface area contributed by atoms with Crippen molar-refractivity contribution in [1.29, 1.82) is 0 Å². The van der Waals surface area contributed by atoms with E-state index >= 15 is 0 Å². The molecule has 0 aliphatic heterocycles. The van der Waals surface area contributed by atoms with Crippen molar-refractivity contribution in [3.05, 3.63) is 23.4 Å². The molecule has 0 atom stereocenters. The molecule has 0 saturated carbocycles. The van der Waals surface area contributed by atoms with E-state index in [9.17, 15) is 4.79 Å². The summed E-state index contributed by atoms with van der Waals surface area (Å²) < 4.78 is 4.82. The summed E-state index contributed by atoms with van der Waals surface area (Å²) in [6.07, 6.45) is 6.29. The van der Waals surface area contributed by atoms with Crippen LogP contribution in [0, 0.1) is 0 Å². The van der Waals surface area contributed by atoms with Gasteiger partial charge in [0.15, 0.2) is 0 Å². The fourth-order valence-electron chi connectivity index (χ4n) is 1.40. The van der Waals surface area contributed by atoms with Gasteiger partial charge >= 0.3 is 5.97 Å². The molecular formula is C11H17NO2. The Morgan fingerprint density at radius 2 is 2.43 bits per heavy atom. The molecule has 1 rings (SSSR count). The van der Waals surface area contributed by atoms with Crippen molar-refractivity contribution in [2.75, 3.05) is 13.2 Å². The number of esters is 1. The van der Waals surface area contributed by atoms with Crippen molar-refractivity contribution in [2.45, 2.75) is 26.7 Å². The van der Waals surface area contributed by atoms with Crippen LogP contribution in [0.1, 0.15) is 26.7 Å².